The van der Waals surface area contributed by atoms with Gasteiger partial charge < -0.3 is 0 Å². The third-order valence-electron chi connectivity index (χ3n) is 2.15. The van der Waals surface area contributed by atoms with Crippen LogP contribution in [0, 0.1) is 6.92 Å². The van der Waals surface area contributed by atoms with Crippen molar-refractivity contribution in [2.45, 2.75) is 66.7 Å². The predicted octanol–water partition coefficient (Wildman–Crippen LogP) is 6.00. The van der Waals surface area contributed by atoms with Crippen molar-refractivity contribution < 1.29 is 0 Å². The standard InChI is InChI=1S/C7H8.C5H12.C4H10/c1-7-5-3-2-4-6-7;1-3-5-4-2;1-3-4-2/h2-6H,1H3;3-5H2,1-2H3;3-4H2,1-2H3. The molecule has 1 rings (SSSR count). The maximum absolute atomic E-state index is 2.21. The van der Waals surface area contributed by atoms with Crippen LogP contribution in [0.2, 0.25) is 0 Å². The molecule has 0 N–H and O–H groups in total. The molecule has 0 bridgehead atoms. The summed E-state index contributed by atoms with van der Waals surface area (Å²) in [6.45, 7) is 10.9. The fourth-order valence-electron chi connectivity index (χ4n) is 0.888. The minimum Gasteiger partial charge on any atom is -0.0654 e. The van der Waals surface area contributed by atoms with Gasteiger partial charge in [-0.3, -0.25) is 0 Å². The molecule has 1 aromatic rings. The van der Waals surface area contributed by atoms with Gasteiger partial charge in [-0.2, -0.15) is 0 Å². The van der Waals surface area contributed by atoms with Crippen molar-refractivity contribution in [2.75, 3.05) is 0 Å². The zero-order chi connectivity index (χ0) is 12.6. The van der Waals surface area contributed by atoms with E-state index in [9.17, 15) is 0 Å². The van der Waals surface area contributed by atoms with Crippen molar-refractivity contribution in [3.8, 4) is 0 Å². The van der Waals surface area contributed by atoms with Crippen LogP contribution in [0.3, 0.4) is 0 Å². The summed E-state index contributed by atoms with van der Waals surface area (Å²) < 4.78 is 0. The van der Waals surface area contributed by atoms with Crippen LogP contribution >= 0.6 is 0 Å². The number of hydrogen-bond donors (Lipinski definition) is 0. The molecule has 94 valence electrons. The van der Waals surface area contributed by atoms with Gasteiger partial charge in [-0.25, -0.2) is 0 Å². The van der Waals surface area contributed by atoms with Gasteiger partial charge in [0.25, 0.3) is 0 Å². The Hall–Kier alpha value is -0.780. The van der Waals surface area contributed by atoms with Crippen LogP contribution in [0.4, 0.5) is 0 Å². The van der Waals surface area contributed by atoms with E-state index in [4.69, 9.17) is 0 Å². The van der Waals surface area contributed by atoms with Crippen molar-refractivity contribution in [1.82, 2.24) is 0 Å². The van der Waals surface area contributed by atoms with Crippen molar-refractivity contribution in [3.63, 3.8) is 0 Å². The van der Waals surface area contributed by atoms with E-state index in [2.05, 4.69) is 46.8 Å². The van der Waals surface area contributed by atoms with Crippen molar-refractivity contribution in [3.05, 3.63) is 35.9 Å². The highest BCUT2D eigenvalue weighted by Gasteiger charge is 1.72. The van der Waals surface area contributed by atoms with Crippen LogP contribution in [0.5, 0.6) is 0 Å². The van der Waals surface area contributed by atoms with Gasteiger partial charge in [0, 0.05) is 0 Å². The smallest absolute Gasteiger partial charge is 0.0398 e. The van der Waals surface area contributed by atoms with E-state index < -0.39 is 0 Å². The summed E-state index contributed by atoms with van der Waals surface area (Å²) in [5.74, 6) is 0. The molecule has 0 aromatic heterocycles. The van der Waals surface area contributed by atoms with Gasteiger partial charge in [0.05, 0.1) is 0 Å². The highest BCUT2D eigenvalue weighted by molar-refractivity contribution is 5.11. The summed E-state index contributed by atoms with van der Waals surface area (Å²) in [7, 11) is 0. The van der Waals surface area contributed by atoms with E-state index in [1.807, 2.05) is 18.2 Å². The molecule has 0 heteroatoms. The molecule has 16 heavy (non-hydrogen) atoms. The average Bonchev–Trinajstić information content (AvgIpc) is 2.32. The normalized spacial score (nSPS) is 8.31. The molecule has 0 aliphatic rings. The Morgan fingerprint density at radius 1 is 0.688 bits per heavy atom. The van der Waals surface area contributed by atoms with Crippen molar-refractivity contribution in [1.29, 1.82) is 0 Å². The molecule has 0 fully saturated rings. The van der Waals surface area contributed by atoms with E-state index >= 15 is 0 Å². The lowest BCUT2D eigenvalue weighted by atomic mass is 10.2. The molecule has 1 aromatic carbocycles. The molecule has 0 heterocycles. The van der Waals surface area contributed by atoms with E-state index in [0.29, 0.717) is 0 Å². The largest absolute Gasteiger partial charge is 0.0654 e. The van der Waals surface area contributed by atoms with Crippen LogP contribution in [0.15, 0.2) is 30.3 Å². The summed E-state index contributed by atoms with van der Waals surface area (Å²) in [6, 6.07) is 10.3. The summed E-state index contributed by atoms with van der Waals surface area (Å²) in [5.41, 5.74) is 1.32. The van der Waals surface area contributed by atoms with Crippen LogP contribution in [-0.2, 0) is 0 Å². The summed E-state index contributed by atoms with van der Waals surface area (Å²) in [6.07, 6.45) is 6.72. The molecule has 0 aliphatic heterocycles. The van der Waals surface area contributed by atoms with Crippen molar-refractivity contribution in [2.24, 2.45) is 0 Å². The Morgan fingerprint density at radius 2 is 1.12 bits per heavy atom. The van der Waals surface area contributed by atoms with Crippen LogP contribution in [-0.4, -0.2) is 0 Å². The first-order valence-electron chi connectivity index (χ1n) is 6.74. The van der Waals surface area contributed by atoms with Crippen LogP contribution < -0.4 is 0 Å². The second-order valence-corrected chi connectivity index (χ2v) is 4.01. The summed E-state index contributed by atoms with van der Waals surface area (Å²) in [5, 5.41) is 0. The second kappa shape index (κ2) is 16.6. The molecule has 0 saturated heterocycles. The lowest BCUT2D eigenvalue weighted by Crippen LogP contribution is -1.62. The molecule has 0 unspecified atom stereocenters. The zero-order valence-electron chi connectivity index (χ0n) is 11.9. The average molecular weight is 222 g/mol. The van der Waals surface area contributed by atoms with Gasteiger partial charge in [0.15, 0.2) is 0 Å². The first-order valence-corrected chi connectivity index (χ1v) is 6.74. The van der Waals surface area contributed by atoms with Gasteiger partial charge in [0.1, 0.15) is 0 Å². The first-order chi connectivity index (χ1) is 7.72. The third kappa shape index (κ3) is 18.9. The number of unbranched alkanes of at least 4 members (excludes halogenated alkanes) is 3. The maximum Gasteiger partial charge on any atom is -0.0398 e. The number of hydrogen-bond acceptors (Lipinski definition) is 0. The Kier molecular flexibility index (Phi) is 18.3. The highest BCUT2D eigenvalue weighted by atomic mass is 13.8. The molecule has 0 saturated carbocycles. The van der Waals surface area contributed by atoms with Crippen molar-refractivity contribution >= 4 is 0 Å². The van der Waals surface area contributed by atoms with Gasteiger partial charge in [-0.15, -0.1) is 0 Å². The second-order valence-electron chi connectivity index (χ2n) is 4.01. The Morgan fingerprint density at radius 3 is 1.25 bits per heavy atom. The van der Waals surface area contributed by atoms with E-state index in [-0.39, 0.29) is 0 Å². The molecule has 0 atom stereocenters. The first kappa shape index (κ1) is 17.6. The molecular weight excluding hydrogens is 192 g/mol. The quantitative estimate of drug-likeness (QED) is 0.588. The zero-order valence-corrected chi connectivity index (χ0v) is 11.9. The Balaban J connectivity index is 0. The Bertz CT molecular complexity index is 184. The SMILES string of the molecule is CCCC.CCCCC.Cc1ccccc1. The fraction of sp³-hybridized carbons (Fsp3) is 0.625. The third-order valence-corrected chi connectivity index (χ3v) is 2.15. The molecule has 0 spiro atoms. The number of benzene rings is 1. The minimum absolute atomic E-state index is 1.32. The molecule has 0 nitrogen and oxygen atoms in total. The monoisotopic (exact) mass is 222 g/mol. The molecule has 0 amide bonds. The molecule has 0 radical (unpaired) electrons. The van der Waals surface area contributed by atoms with E-state index in [1.165, 1.54) is 37.7 Å². The summed E-state index contributed by atoms with van der Waals surface area (Å²) in [4.78, 5) is 0. The van der Waals surface area contributed by atoms with E-state index in [0.717, 1.165) is 0 Å². The molecule has 0 aliphatic carbocycles. The van der Waals surface area contributed by atoms with Gasteiger partial charge in [0.2, 0.25) is 0 Å². The lowest BCUT2D eigenvalue weighted by Gasteiger charge is -1.82. The van der Waals surface area contributed by atoms with Gasteiger partial charge in [-0.05, 0) is 6.92 Å². The lowest BCUT2D eigenvalue weighted by molar-refractivity contribution is 0.772. The predicted molar refractivity (Wildman–Crippen MR) is 77.0 cm³/mol. The van der Waals surface area contributed by atoms with E-state index in [1.54, 1.807) is 0 Å². The maximum atomic E-state index is 2.21. The highest BCUT2D eigenvalue weighted by Crippen LogP contribution is 1.92. The molecular formula is C16H30. The van der Waals surface area contributed by atoms with Crippen LogP contribution in [0.25, 0.3) is 0 Å². The fourth-order valence-corrected chi connectivity index (χ4v) is 0.888. The Labute approximate surface area is 103 Å². The minimum atomic E-state index is 1.32. The number of aryl methyl sites for hydroxylation is 1. The van der Waals surface area contributed by atoms with Crippen LogP contribution in [0.1, 0.15) is 65.4 Å². The topological polar surface area (TPSA) is 0 Å². The van der Waals surface area contributed by atoms with Gasteiger partial charge >= 0.3 is 0 Å². The summed E-state index contributed by atoms with van der Waals surface area (Å²) >= 11 is 0. The van der Waals surface area contributed by atoms with Gasteiger partial charge in [-0.1, -0.05) is 95.7 Å². The number of rotatable bonds is 3.